The third-order valence-electron chi connectivity index (χ3n) is 5.36. The van der Waals surface area contributed by atoms with Gasteiger partial charge in [0.05, 0.1) is 34.1 Å². The molecule has 32 heavy (non-hydrogen) atoms. The average Bonchev–Trinajstić information content (AvgIpc) is 3.06. The average molecular weight is 505 g/mol. The van der Waals surface area contributed by atoms with Crippen molar-refractivity contribution in [2.24, 2.45) is 0 Å². The summed E-state index contributed by atoms with van der Waals surface area (Å²) in [5, 5.41) is 1.60. The molecule has 0 aliphatic carbocycles. The van der Waals surface area contributed by atoms with Crippen molar-refractivity contribution in [3.63, 3.8) is 0 Å². The van der Waals surface area contributed by atoms with Gasteiger partial charge in [0.25, 0.3) is 11.1 Å². The van der Waals surface area contributed by atoms with Crippen LogP contribution in [0.2, 0.25) is 0 Å². The van der Waals surface area contributed by atoms with Crippen LogP contribution in [-0.4, -0.2) is 28.1 Å². The van der Waals surface area contributed by atoms with Crippen molar-refractivity contribution in [2.75, 3.05) is 7.11 Å². The number of carbonyl (C=O) groups is 2. The van der Waals surface area contributed by atoms with E-state index in [-0.39, 0.29) is 17.7 Å². The van der Waals surface area contributed by atoms with Gasteiger partial charge in [-0.2, -0.15) is 0 Å². The molecule has 0 radical (unpaired) electrons. The minimum absolute atomic E-state index is 0.192. The molecule has 0 saturated carbocycles. The maximum atomic E-state index is 13.2. The number of ether oxygens (including phenoxy) is 1. The molecule has 5 nitrogen and oxygen atoms in total. The summed E-state index contributed by atoms with van der Waals surface area (Å²) >= 11 is 4.42. The van der Waals surface area contributed by atoms with Crippen LogP contribution in [0.5, 0.6) is 5.75 Å². The van der Waals surface area contributed by atoms with Gasteiger partial charge in [-0.25, -0.2) is 4.98 Å². The van der Waals surface area contributed by atoms with Gasteiger partial charge in [-0.3, -0.25) is 14.5 Å². The van der Waals surface area contributed by atoms with E-state index < -0.39 is 0 Å². The molecule has 1 aliphatic heterocycles. The lowest BCUT2D eigenvalue weighted by molar-refractivity contribution is -0.123. The van der Waals surface area contributed by atoms with Crippen molar-refractivity contribution in [2.45, 2.75) is 6.54 Å². The Morgan fingerprint density at radius 3 is 2.28 bits per heavy atom. The molecule has 0 spiro atoms. The highest BCUT2D eigenvalue weighted by atomic mass is 79.9. The number of benzene rings is 3. The van der Waals surface area contributed by atoms with E-state index in [2.05, 4.69) is 15.9 Å². The van der Waals surface area contributed by atoms with E-state index in [1.807, 2.05) is 66.7 Å². The smallest absolute Gasteiger partial charge is 0.293 e. The van der Waals surface area contributed by atoms with Crippen LogP contribution in [0.4, 0.5) is 4.79 Å². The van der Waals surface area contributed by atoms with Crippen LogP contribution in [0.15, 0.2) is 76.1 Å². The zero-order valence-corrected chi connectivity index (χ0v) is 19.4. The van der Waals surface area contributed by atoms with E-state index in [9.17, 15) is 9.59 Å². The zero-order valence-electron chi connectivity index (χ0n) is 17.0. The molecule has 2 amide bonds. The molecule has 0 bridgehead atoms. The first-order valence-electron chi connectivity index (χ1n) is 9.90. The van der Waals surface area contributed by atoms with Crippen LogP contribution in [0.3, 0.4) is 0 Å². The van der Waals surface area contributed by atoms with Gasteiger partial charge in [-0.1, -0.05) is 42.5 Å². The number of nitrogens with zero attached hydrogens (tertiary/aromatic N) is 2. The predicted octanol–water partition coefficient (Wildman–Crippen LogP) is 6.40. The quantitative estimate of drug-likeness (QED) is 0.238. The second-order valence-electron chi connectivity index (χ2n) is 7.29. The summed E-state index contributed by atoms with van der Waals surface area (Å²) in [5.74, 6) is 0.406. The van der Waals surface area contributed by atoms with Crippen LogP contribution < -0.4 is 4.74 Å². The first kappa shape index (κ1) is 20.7. The predicted molar refractivity (Wildman–Crippen MR) is 131 cm³/mol. The molecule has 0 unspecified atom stereocenters. The number of carbonyl (C=O) groups excluding carboxylic acids is 2. The molecule has 4 aromatic rings. The lowest BCUT2D eigenvalue weighted by atomic mass is 10.0. The Bertz CT molecular complexity index is 1380. The Hall–Kier alpha value is -3.16. The molecule has 7 heteroatoms. The number of hydrogen-bond acceptors (Lipinski definition) is 5. The van der Waals surface area contributed by atoms with Crippen molar-refractivity contribution in [1.82, 2.24) is 9.88 Å². The second-order valence-corrected chi connectivity index (χ2v) is 9.13. The van der Waals surface area contributed by atoms with Crippen molar-refractivity contribution in [1.29, 1.82) is 0 Å². The standard InChI is InChI=1S/C25H17BrN2O3S/c1-31-22-11-10-15(12-19(22)26)13-23-24(29)28(25(30)32-23)14-18-16-6-2-4-8-20(16)27-21-9-5-3-7-17(18)21/h2-13H,14H2,1H3/b23-13+. The third kappa shape index (κ3) is 3.67. The molecule has 0 atom stereocenters. The molecule has 1 saturated heterocycles. The number of halogens is 1. The van der Waals surface area contributed by atoms with Gasteiger partial charge in [0.1, 0.15) is 5.75 Å². The van der Waals surface area contributed by atoms with Gasteiger partial charge in [-0.05, 0) is 69.2 Å². The number of hydrogen-bond donors (Lipinski definition) is 0. The molecule has 158 valence electrons. The van der Waals surface area contributed by atoms with E-state index in [1.54, 1.807) is 13.2 Å². The minimum atomic E-state index is -0.295. The van der Waals surface area contributed by atoms with E-state index in [1.165, 1.54) is 4.90 Å². The van der Waals surface area contributed by atoms with Gasteiger partial charge < -0.3 is 4.74 Å². The number of para-hydroxylation sites is 2. The molecule has 1 aromatic heterocycles. The highest BCUT2D eigenvalue weighted by Gasteiger charge is 2.35. The maximum absolute atomic E-state index is 13.2. The number of pyridine rings is 1. The monoisotopic (exact) mass is 504 g/mol. The van der Waals surface area contributed by atoms with Crippen LogP contribution in [-0.2, 0) is 11.3 Å². The number of imide groups is 1. The van der Waals surface area contributed by atoms with E-state index in [0.29, 0.717) is 10.7 Å². The fourth-order valence-corrected chi connectivity index (χ4v) is 5.21. The molecule has 1 fully saturated rings. The number of rotatable bonds is 4. The van der Waals surface area contributed by atoms with Crippen LogP contribution in [0.1, 0.15) is 11.1 Å². The van der Waals surface area contributed by atoms with Gasteiger partial charge >= 0.3 is 0 Å². The Morgan fingerprint density at radius 1 is 1.00 bits per heavy atom. The topological polar surface area (TPSA) is 59.5 Å². The number of aromatic nitrogens is 1. The van der Waals surface area contributed by atoms with Gasteiger partial charge in [-0.15, -0.1) is 0 Å². The summed E-state index contributed by atoms with van der Waals surface area (Å²) in [6.07, 6.45) is 1.73. The van der Waals surface area contributed by atoms with E-state index in [4.69, 9.17) is 9.72 Å². The van der Waals surface area contributed by atoms with Crippen molar-refractivity contribution in [3.8, 4) is 5.75 Å². The number of methoxy groups -OCH3 is 1. The number of fused-ring (bicyclic) bond motifs is 2. The molecule has 1 aliphatic rings. The lowest BCUT2D eigenvalue weighted by Gasteiger charge is -2.16. The molecule has 3 aromatic carbocycles. The highest BCUT2D eigenvalue weighted by Crippen LogP contribution is 2.36. The van der Waals surface area contributed by atoms with Gasteiger partial charge in [0.2, 0.25) is 0 Å². The SMILES string of the molecule is COc1ccc(/C=C2/SC(=O)N(Cc3c4ccccc4nc4ccccc34)C2=O)cc1Br. The fourth-order valence-electron chi connectivity index (χ4n) is 3.82. The second kappa shape index (κ2) is 8.41. The van der Waals surface area contributed by atoms with Crippen LogP contribution >= 0.6 is 27.7 Å². The molecular formula is C25H17BrN2O3S. The van der Waals surface area contributed by atoms with Crippen molar-refractivity contribution < 1.29 is 14.3 Å². The normalized spacial score (nSPS) is 15.3. The summed E-state index contributed by atoms with van der Waals surface area (Å²) in [6.45, 7) is 0.192. The van der Waals surface area contributed by atoms with Crippen molar-refractivity contribution in [3.05, 3.63) is 87.2 Å². The lowest BCUT2D eigenvalue weighted by Crippen LogP contribution is -2.27. The summed E-state index contributed by atoms with van der Waals surface area (Å²) in [4.78, 5) is 32.4. The Morgan fingerprint density at radius 2 is 1.66 bits per heavy atom. The van der Waals surface area contributed by atoms with Crippen molar-refractivity contribution >= 4 is 66.7 Å². The van der Waals surface area contributed by atoms with Gasteiger partial charge in [0, 0.05) is 10.8 Å². The number of amides is 2. The summed E-state index contributed by atoms with van der Waals surface area (Å²) in [7, 11) is 1.59. The first-order valence-corrected chi connectivity index (χ1v) is 11.5. The molecule has 0 N–H and O–H groups in total. The Labute approximate surface area is 197 Å². The minimum Gasteiger partial charge on any atom is -0.496 e. The Kier molecular flexibility index (Phi) is 5.45. The molecule has 5 rings (SSSR count). The fraction of sp³-hybridized carbons (Fsp3) is 0.0800. The van der Waals surface area contributed by atoms with Crippen LogP contribution in [0, 0.1) is 0 Å². The molecule has 2 heterocycles. The van der Waals surface area contributed by atoms with Gasteiger partial charge in [0.15, 0.2) is 0 Å². The largest absolute Gasteiger partial charge is 0.496 e. The maximum Gasteiger partial charge on any atom is 0.293 e. The highest BCUT2D eigenvalue weighted by molar-refractivity contribution is 9.10. The zero-order chi connectivity index (χ0) is 22.2. The third-order valence-corrected chi connectivity index (χ3v) is 6.89. The van der Waals surface area contributed by atoms with E-state index >= 15 is 0 Å². The molecular weight excluding hydrogens is 488 g/mol. The van der Waals surface area contributed by atoms with E-state index in [0.717, 1.165) is 49.2 Å². The summed E-state index contributed by atoms with van der Waals surface area (Å²) in [6, 6.07) is 21.1. The summed E-state index contributed by atoms with van der Waals surface area (Å²) < 4.78 is 6.03. The first-order chi connectivity index (χ1) is 15.5. The Balaban J connectivity index is 1.53. The number of thioether (sulfide) groups is 1. The summed E-state index contributed by atoms with van der Waals surface area (Å²) in [5.41, 5.74) is 3.41. The van der Waals surface area contributed by atoms with Crippen LogP contribution in [0.25, 0.3) is 27.9 Å².